The van der Waals surface area contributed by atoms with Crippen LogP contribution in [0.1, 0.15) is 72.6 Å². The monoisotopic (exact) mass is 969 g/mol. The minimum atomic E-state index is -4.39. The number of phosphoric ester groups is 2. The summed E-state index contributed by atoms with van der Waals surface area (Å²) in [6.45, 7) is 7.36. The second-order valence-electron chi connectivity index (χ2n) is 14.6. The number of carbonyl (C=O) groups is 5. The summed E-state index contributed by atoms with van der Waals surface area (Å²) in [6.07, 6.45) is 1.87. The van der Waals surface area contributed by atoms with Crippen molar-refractivity contribution in [3.8, 4) is 0 Å². The first-order valence-corrected chi connectivity index (χ1v) is 24.3. The van der Waals surface area contributed by atoms with Gasteiger partial charge in [-0.3, -0.25) is 37.3 Å². The molecule has 3 unspecified atom stereocenters. The summed E-state index contributed by atoms with van der Waals surface area (Å²) < 4.78 is 74.8. The molecule has 0 fully saturated rings. The average Bonchev–Trinajstić information content (AvgIpc) is 3.22. The molecule has 0 bridgehead atoms. The zero-order valence-corrected chi connectivity index (χ0v) is 39.4. The summed E-state index contributed by atoms with van der Waals surface area (Å²) in [5.41, 5.74) is 0. The smallest absolute Gasteiger partial charge is 0.472 e. The van der Waals surface area contributed by atoms with Crippen molar-refractivity contribution >= 4 is 45.1 Å². The van der Waals surface area contributed by atoms with Crippen molar-refractivity contribution in [2.45, 2.75) is 84.8 Å². The van der Waals surface area contributed by atoms with Gasteiger partial charge in [-0.05, 0) is 39.5 Å². The summed E-state index contributed by atoms with van der Waals surface area (Å²) in [6, 6.07) is -1.11. The van der Waals surface area contributed by atoms with E-state index >= 15 is 0 Å². The Kier molecular flexibility index (Phi) is 37.1. The first kappa shape index (κ1) is 61.5. The molecule has 3 amide bonds. The largest absolute Gasteiger partial charge is 0.480 e. The molecule has 0 aromatic heterocycles. The number of phosphoric acid groups is 2. The van der Waals surface area contributed by atoms with Crippen molar-refractivity contribution in [1.82, 2.24) is 16.0 Å². The number of aliphatic hydroxyl groups is 1. The summed E-state index contributed by atoms with van der Waals surface area (Å²) in [5, 5.41) is 26.6. The zero-order valence-electron chi connectivity index (χ0n) is 37.6. The number of carboxylic acids is 1. The van der Waals surface area contributed by atoms with Crippen LogP contribution in [0.4, 0.5) is 0 Å². The highest BCUT2D eigenvalue weighted by molar-refractivity contribution is 7.47. The van der Waals surface area contributed by atoms with E-state index < -0.39 is 39.7 Å². The Morgan fingerprint density at radius 2 is 1.09 bits per heavy atom. The topological polar surface area (TPSA) is 329 Å². The maximum absolute atomic E-state index is 12.1. The number of unbranched alkanes of at least 4 members (excludes halogenated alkanes) is 1. The van der Waals surface area contributed by atoms with Gasteiger partial charge in [-0.2, -0.15) is 0 Å². The van der Waals surface area contributed by atoms with Gasteiger partial charge in [0.25, 0.3) is 0 Å². The fraction of sp³-hybridized carbons (Fsp3) is 0.868. The molecule has 7 N–H and O–H groups in total. The van der Waals surface area contributed by atoms with Crippen LogP contribution >= 0.6 is 15.6 Å². The number of hydrogen-bond donors (Lipinski definition) is 7. The normalized spacial score (nSPS) is 14.5. The molecular formula is C38H73N3O21P2. The van der Waals surface area contributed by atoms with Crippen LogP contribution < -0.4 is 16.0 Å². The average molecular weight is 970 g/mol. The molecule has 0 saturated heterocycles. The molecule has 0 spiro atoms. The van der Waals surface area contributed by atoms with Gasteiger partial charge < -0.3 is 64.4 Å². The standard InChI is InChI=1S/C38H73N3O21P2/c1-30(2)37(46)41-34(38(47)48)11-10-33(43)9-7-14-53-18-20-57-29-36(45)40-13-15-54-19-21-58-28-35(44)39-12-6-5-8-32(26-42)27-61-63(49,50)59-24-22-55-16-17-56-23-25-60-64(51,52)62-31(3)4/h30-32,34,42H,5-29H2,1-4H3,(H,39,44)(H,40,45)(H,41,46)(H,47,48)(H,49,50)(H,51,52)/t32?,34-/m1/s1. The maximum Gasteiger partial charge on any atom is 0.472 e. The first-order valence-electron chi connectivity index (χ1n) is 21.3. The summed E-state index contributed by atoms with van der Waals surface area (Å²) in [4.78, 5) is 78.4. The van der Waals surface area contributed by atoms with E-state index in [9.17, 15) is 53.1 Å². The van der Waals surface area contributed by atoms with Crippen LogP contribution in [0.5, 0.6) is 0 Å². The van der Waals surface area contributed by atoms with Crippen molar-refractivity contribution in [3.05, 3.63) is 0 Å². The predicted molar refractivity (Wildman–Crippen MR) is 227 cm³/mol. The lowest BCUT2D eigenvalue weighted by atomic mass is 10.0. The quantitative estimate of drug-likeness (QED) is 0.0332. The molecule has 0 rings (SSSR count). The lowest BCUT2D eigenvalue weighted by Crippen LogP contribution is -2.42. The fourth-order valence-electron chi connectivity index (χ4n) is 4.82. The van der Waals surface area contributed by atoms with Crippen LogP contribution in [0.15, 0.2) is 0 Å². The van der Waals surface area contributed by atoms with Gasteiger partial charge in [0.2, 0.25) is 17.7 Å². The van der Waals surface area contributed by atoms with Gasteiger partial charge in [0, 0.05) is 51.0 Å². The second kappa shape index (κ2) is 38.6. The Morgan fingerprint density at radius 1 is 0.578 bits per heavy atom. The molecule has 0 saturated carbocycles. The number of amides is 3. The highest BCUT2D eigenvalue weighted by atomic mass is 31.2. The summed E-state index contributed by atoms with van der Waals surface area (Å²) in [5.74, 6) is -3.16. The molecule has 0 aliphatic heterocycles. The van der Waals surface area contributed by atoms with Crippen molar-refractivity contribution in [3.63, 3.8) is 0 Å². The highest BCUT2D eigenvalue weighted by Crippen LogP contribution is 2.44. The van der Waals surface area contributed by atoms with E-state index in [4.69, 9.17) is 46.5 Å². The van der Waals surface area contributed by atoms with Gasteiger partial charge in [-0.1, -0.05) is 20.3 Å². The number of Topliss-reactive ketones (excluding diaryl/α,β-unsaturated/α-hetero) is 1. The molecular weight excluding hydrogens is 896 g/mol. The number of aliphatic carboxylic acids is 1. The Bertz CT molecular complexity index is 1380. The highest BCUT2D eigenvalue weighted by Gasteiger charge is 2.25. The van der Waals surface area contributed by atoms with Crippen LogP contribution in [0.25, 0.3) is 0 Å². The number of carboxylic acid groups (broad SMARTS) is 1. The number of carbonyl (C=O) groups excluding carboxylic acids is 4. The molecule has 0 radical (unpaired) electrons. The van der Waals surface area contributed by atoms with Crippen LogP contribution in [0, 0.1) is 11.8 Å². The zero-order chi connectivity index (χ0) is 48.1. The third-order valence-corrected chi connectivity index (χ3v) is 10.3. The van der Waals surface area contributed by atoms with Crippen molar-refractivity contribution in [2.24, 2.45) is 11.8 Å². The lowest BCUT2D eigenvalue weighted by molar-refractivity contribution is -0.142. The van der Waals surface area contributed by atoms with Crippen LogP contribution in [-0.2, 0) is 79.6 Å². The van der Waals surface area contributed by atoms with Crippen LogP contribution in [0.3, 0.4) is 0 Å². The molecule has 0 aromatic carbocycles. The number of ketones is 1. The molecule has 0 heterocycles. The lowest BCUT2D eigenvalue weighted by Gasteiger charge is -2.17. The summed E-state index contributed by atoms with van der Waals surface area (Å²) in [7, 11) is -8.51. The van der Waals surface area contributed by atoms with E-state index in [2.05, 4.69) is 16.0 Å². The molecule has 376 valence electrons. The Hall–Kier alpha value is -2.51. The molecule has 4 atom stereocenters. The Labute approximate surface area is 375 Å². The first-order chi connectivity index (χ1) is 30.4. The van der Waals surface area contributed by atoms with E-state index in [-0.39, 0.29) is 154 Å². The third kappa shape index (κ3) is 38.7. The van der Waals surface area contributed by atoms with Gasteiger partial charge in [0.1, 0.15) is 25.0 Å². The summed E-state index contributed by atoms with van der Waals surface area (Å²) >= 11 is 0. The molecule has 0 aliphatic carbocycles. The van der Waals surface area contributed by atoms with Crippen molar-refractivity contribution in [1.29, 1.82) is 0 Å². The number of nitrogens with one attached hydrogen (secondary N) is 3. The van der Waals surface area contributed by atoms with E-state index in [0.29, 0.717) is 38.8 Å². The molecule has 26 heteroatoms. The Morgan fingerprint density at radius 3 is 1.64 bits per heavy atom. The minimum Gasteiger partial charge on any atom is -0.480 e. The fourth-order valence-corrected chi connectivity index (χ4v) is 6.50. The van der Waals surface area contributed by atoms with Gasteiger partial charge in [-0.25, -0.2) is 13.9 Å². The minimum absolute atomic E-state index is 0.0152. The van der Waals surface area contributed by atoms with E-state index in [1.54, 1.807) is 27.7 Å². The molecule has 0 aromatic rings. The van der Waals surface area contributed by atoms with Gasteiger partial charge in [0.05, 0.1) is 85.4 Å². The van der Waals surface area contributed by atoms with E-state index in [1.165, 1.54) is 0 Å². The molecule has 0 aliphatic rings. The number of ether oxygens (including phenoxy) is 6. The van der Waals surface area contributed by atoms with E-state index in [0.717, 1.165) is 0 Å². The third-order valence-electron chi connectivity index (χ3n) is 8.15. The van der Waals surface area contributed by atoms with Gasteiger partial charge >= 0.3 is 21.6 Å². The number of hydrogen-bond acceptors (Lipinski definition) is 18. The number of aliphatic hydroxyl groups excluding tert-OH is 1. The molecule has 24 nitrogen and oxygen atoms in total. The van der Waals surface area contributed by atoms with Crippen LogP contribution in [0.2, 0.25) is 0 Å². The van der Waals surface area contributed by atoms with Crippen LogP contribution in [-0.4, -0.2) is 180 Å². The van der Waals surface area contributed by atoms with Gasteiger partial charge in [-0.15, -0.1) is 0 Å². The van der Waals surface area contributed by atoms with E-state index in [1.807, 2.05) is 0 Å². The SMILES string of the molecule is CC(C)OP(=O)(O)OCCOCCOCCOP(=O)(O)OCC(CO)CCCCNC(=O)COCCOCCNC(=O)COCCOCCCC(=O)CC[C@@H](NC(=O)C(C)C)C(=O)O. The maximum atomic E-state index is 12.1. The second-order valence-corrected chi connectivity index (χ2v) is 17.4. The van der Waals surface area contributed by atoms with Crippen molar-refractivity contribution in [2.75, 3.05) is 119 Å². The number of rotatable bonds is 45. The molecule has 64 heavy (non-hydrogen) atoms. The van der Waals surface area contributed by atoms with Gasteiger partial charge in [0.15, 0.2) is 0 Å². The predicted octanol–water partition coefficient (Wildman–Crippen LogP) is 1.13. The van der Waals surface area contributed by atoms with Crippen molar-refractivity contribution < 1.29 is 99.6 Å². The Balaban J connectivity index is 3.72.